The van der Waals surface area contributed by atoms with Gasteiger partial charge in [0.2, 0.25) is 5.91 Å². The van der Waals surface area contributed by atoms with Gasteiger partial charge < -0.3 is 35.3 Å². The van der Waals surface area contributed by atoms with E-state index < -0.39 is 36.1 Å². The summed E-state index contributed by atoms with van der Waals surface area (Å²) >= 11 is 0. The van der Waals surface area contributed by atoms with E-state index in [9.17, 15) is 24.3 Å². The third kappa shape index (κ3) is 12.1. The number of amides is 3. The van der Waals surface area contributed by atoms with Crippen LogP contribution in [0.4, 0.5) is 9.59 Å². The van der Waals surface area contributed by atoms with Crippen LogP contribution in [-0.4, -0.2) is 54.9 Å². The summed E-state index contributed by atoms with van der Waals surface area (Å²) in [5, 5.41) is 17.5. The number of unbranched alkanes of at least 4 members (excludes halogenated alkanes) is 1. The van der Waals surface area contributed by atoms with Crippen molar-refractivity contribution in [2.45, 2.75) is 51.0 Å². The van der Waals surface area contributed by atoms with Crippen LogP contribution in [0.5, 0.6) is 5.75 Å². The summed E-state index contributed by atoms with van der Waals surface area (Å²) in [5.41, 5.74) is 2.33. The minimum Gasteiger partial charge on any atom is -0.508 e. The molecule has 0 heterocycles. The molecule has 0 saturated carbocycles. The smallest absolute Gasteiger partial charge is 0.408 e. The first kappa shape index (κ1) is 32.5. The number of rotatable bonds is 15. The fourth-order valence-corrected chi connectivity index (χ4v) is 4.09. The lowest BCUT2D eigenvalue weighted by Crippen LogP contribution is -2.52. The van der Waals surface area contributed by atoms with Crippen molar-refractivity contribution in [1.29, 1.82) is 0 Å². The molecule has 0 aromatic heterocycles. The largest absolute Gasteiger partial charge is 0.508 e. The van der Waals surface area contributed by atoms with Crippen LogP contribution < -0.4 is 16.0 Å². The number of ether oxygens (including phenoxy) is 3. The standard InChI is InChI=1S/C32H37N3O8/c1-41-30(38)28(20-23-15-17-26(36)18-16-23)34-29(37)27(35-32(40)43-22-25-12-6-3-7-13-25)14-8-9-19-33-31(39)42-21-24-10-4-2-5-11-24/h2-7,10-13,15-18,27-28,36H,8-9,14,19-22H2,1H3,(H,33,39)(H,34,37)(H,35,40)/t27-,28-/m0/s1. The average Bonchev–Trinajstić information content (AvgIpc) is 3.03. The van der Waals surface area contributed by atoms with Crippen molar-refractivity contribution < 1.29 is 38.5 Å². The summed E-state index contributed by atoms with van der Waals surface area (Å²) in [6.07, 6.45) is -0.0786. The van der Waals surface area contributed by atoms with Gasteiger partial charge in [-0.25, -0.2) is 14.4 Å². The minimum atomic E-state index is -1.03. The molecule has 228 valence electrons. The number of methoxy groups -OCH3 is 1. The number of hydrogen-bond donors (Lipinski definition) is 4. The number of alkyl carbamates (subject to hydrolysis) is 2. The minimum absolute atomic E-state index is 0.0155. The lowest BCUT2D eigenvalue weighted by Gasteiger charge is -2.22. The number of phenols is 1. The van der Waals surface area contributed by atoms with E-state index in [0.29, 0.717) is 24.9 Å². The van der Waals surface area contributed by atoms with Crippen LogP contribution in [0, 0.1) is 0 Å². The van der Waals surface area contributed by atoms with Gasteiger partial charge in [0.25, 0.3) is 0 Å². The summed E-state index contributed by atoms with van der Waals surface area (Å²) in [5.74, 6) is -1.19. The van der Waals surface area contributed by atoms with Gasteiger partial charge in [0.05, 0.1) is 7.11 Å². The molecule has 43 heavy (non-hydrogen) atoms. The lowest BCUT2D eigenvalue weighted by atomic mass is 10.0. The Bertz CT molecular complexity index is 1300. The Kier molecular flexibility index (Phi) is 13.3. The molecule has 0 saturated heterocycles. The maximum absolute atomic E-state index is 13.3. The zero-order valence-electron chi connectivity index (χ0n) is 24.0. The quantitative estimate of drug-likeness (QED) is 0.118. The van der Waals surface area contributed by atoms with Gasteiger partial charge in [-0.15, -0.1) is 0 Å². The molecule has 4 N–H and O–H groups in total. The highest BCUT2D eigenvalue weighted by Crippen LogP contribution is 2.13. The second-order valence-electron chi connectivity index (χ2n) is 9.70. The third-order valence-corrected chi connectivity index (χ3v) is 6.40. The van der Waals surface area contributed by atoms with Gasteiger partial charge in [0.1, 0.15) is 31.0 Å². The van der Waals surface area contributed by atoms with Gasteiger partial charge >= 0.3 is 18.2 Å². The molecule has 0 bridgehead atoms. The highest BCUT2D eigenvalue weighted by molar-refractivity contribution is 5.89. The highest BCUT2D eigenvalue weighted by Gasteiger charge is 2.28. The molecule has 0 aliphatic heterocycles. The van der Waals surface area contributed by atoms with E-state index in [2.05, 4.69) is 16.0 Å². The number of carbonyl (C=O) groups excluding carboxylic acids is 4. The van der Waals surface area contributed by atoms with Crippen LogP contribution in [-0.2, 0) is 43.4 Å². The molecule has 0 aliphatic carbocycles. The van der Waals surface area contributed by atoms with E-state index >= 15 is 0 Å². The predicted octanol–water partition coefficient (Wildman–Crippen LogP) is 3.98. The molecule has 0 fully saturated rings. The summed E-state index contributed by atoms with van der Waals surface area (Å²) in [6, 6.07) is 22.5. The summed E-state index contributed by atoms with van der Waals surface area (Å²) < 4.78 is 15.4. The van der Waals surface area contributed by atoms with E-state index in [1.165, 1.54) is 19.2 Å². The van der Waals surface area contributed by atoms with Crippen molar-refractivity contribution in [3.05, 3.63) is 102 Å². The van der Waals surface area contributed by atoms with E-state index in [1.54, 1.807) is 24.3 Å². The first-order valence-corrected chi connectivity index (χ1v) is 13.9. The second-order valence-corrected chi connectivity index (χ2v) is 9.70. The Hall–Kier alpha value is -5.06. The number of benzene rings is 3. The van der Waals surface area contributed by atoms with Crippen LogP contribution in [0.2, 0.25) is 0 Å². The highest BCUT2D eigenvalue weighted by atomic mass is 16.6. The molecule has 3 aromatic carbocycles. The molecule has 0 aliphatic rings. The third-order valence-electron chi connectivity index (χ3n) is 6.40. The first-order valence-electron chi connectivity index (χ1n) is 13.9. The molecule has 11 nitrogen and oxygen atoms in total. The number of carbonyl (C=O) groups is 4. The summed E-state index contributed by atoms with van der Waals surface area (Å²) in [4.78, 5) is 50.4. The number of hydrogen-bond acceptors (Lipinski definition) is 8. The maximum Gasteiger partial charge on any atom is 0.408 e. The number of phenolic OH excluding ortho intramolecular Hbond substituents is 1. The normalized spacial score (nSPS) is 11.8. The molecular formula is C32H37N3O8. The topological polar surface area (TPSA) is 152 Å². The van der Waals surface area contributed by atoms with E-state index in [4.69, 9.17) is 14.2 Å². The molecule has 3 rings (SSSR count). The molecular weight excluding hydrogens is 554 g/mol. The van der Waals surface area contributed by atoms with Gasteiger partial charge in [-0.2, -0.15) is 0 Å². The van der Waals surface area contributed by atoms with Crippen molar-refractivity contribution in [2.75, 3.05) is 13.7 Å². The molecule has 0 spiro atoms. The molecule has 2 atom stereocenters. The average molecular weight is 592 g/mol. The number of nitrogens with one attached hydrogen (secondary N) is 3. The predicted molar refractivity (Wildman–Crippen MR) is 158 cm³/mol. The maximum atomic E-state index is 13.3. The fourth-order valence-electron chi connectivity index (χ4n) is 4.09. The van der Waals surface area contributed by atoms with Crippen molar-refractivity contribution in [2.24, 2.45) is 0 Å². The Morgan fingerprint density at radius 3 is 1.86 bits per heavy atom. The van der Waals surface area contributed by atoms with Crippen LogP contribution >= 0.6 is 0 Å². The van der Waals surface area contributed by atoms with Gasteiger partial charge in [0, 0.05) is 13.0 Å². The molecule has 3 amide bonds. The van der Waals surface area contributed by atoms with E-state index in [0.717, 1.165) is 11.1 Å². The van der Waals surface area contributed by atoms with Gasteiger partial charge in [-0.3, -0.25) is 4.79 Å². The molecule has 0 unspecified atom stereocenters. The Morgan fingerprint density at radius 2 is 1.28 bits per heavy atom. The van der Waals surface area contributed by atoms with Gasteiger partial charge in [0.15, 0.2) is 0 Å². The van der Waals surface area contributed by atoms with Crippen LogP contribution in [0.3, 0.4) is 0 Å². The fraction of sp³-hybridized carbons (Fsp3) is 0.312. The van der Waals surface area contributed by atoms with E-state index in [1.807, 2.05) is 48.5 Å². The van der Waals surface area contributed by atoms with E-state index in [-0.39, 0.29) is 31.8 Å². The van der Waals surface area contributed by atoms with Crippen LogP contribution in [0.25, 0.3) is 0 Å². The second kappa shape index (κ2) is 17.7. The van der Waals surface area contributed by atoms with Crippen LogP contribution in [0.1, 0.15) is 36.0 Å². The molecule has 11 heteroatoms. The number of esters is 1. The Morgan fingerprint density at radius 1 is 0.698 bits per heavy atom. The van der Waals surface area contributed by atoms with Gasteiger partial charge in [-0.05, 0) is 48.1 Å². The lowest BCUT2D eigenvalue weighted by molar-refractivity contribution is -0.145. The molecule has 3 aromatic rings. The van der Waals surface area contributed by atoms with Crippen molar-refractivity contribution >= 4 is 24.1 Å². The monoisotopic (exact) mass is 591 g/mol. The first-order chi connectivity index (χ1) is 20.8. The Balaban J connectivity index is 1.55. The SMILES string of the molecule is COC(=O)[C@H](Cc1ccc(O)cc1)NC(=O)[C@H](CCCCNC(=O)OCc1ccccc1)NC(=O)OCc1ccccc1. The summed E-state index contributed by atoms with van der Waals surface area (Å²) in [7, 11) is 1.22. The van der Waals surface area contributed by atoms with Crippen molar-refractivity contribution in [3.63, 3.8) is 0 Å². The Labute approximate surface area is 250 Å². The van der Waals surface area contributed by atoms with Crippen molar-refractivity contribution in [1.82, 2.24) is 16.0 Å². The molecule has 0 radical (unpaired) electrons. The van der Waals surface area contributed by atoms with Crippen LogP contribution in [0.15, 0.2) is 84.9 Å². The van der Waals surface area contributed by atoms with Gasteiger partial charge in [-0.1, -0.05) is 72.8 Å². The number of aromatic hydroxyl groups is 1. The van der Waals surface area contributed by atoms with Crippen molar-refractivity contribution in [3.8, 4) is 5.75 Å². The zero-order valence-corrected chi connectivity index (χ0v) is 24.0. The zero-order chi connectivity index (χ0) is 30.9. The summed E-state index contributed by atoms with van der Waals surface area (Å²) in [6.45, 7) is 0.461.